The van der Waals surface area contributed by atoms with Crippen LogP contribution in [0.2, 0.25) is 0 Å². The third-order valence-electron chi connectivity index (χ3n) is 6.15. The second kappa shape index (κ2) is 6.81. The molecular formula is C19H27N3O2. The lowest BCUT2D eigenvalue weighted by Crippen LogP contribution is -2.46. The lowest BCUT2D eigenvalue weighted by Gasteiger charge is -2.41. The Kier molecular flexibility index (Phi) is 4.55. The van der Waals surface area contributed by atoms with E-state index in [9.17, 15) is 4.79 Å². The summed E-state index contributed by atoms with van der Waals surface area (Å²) in [4.78, 5) is 21.4. The van der Waals surface area contributed by atoms with Crippen molar-refractivity contribution in [3.63, 3.8) is 0 Å². The van der Waals surface area contributed by atoms with Crippen LogP contribution in [0.5, 0.6) is 0 Å². The van der Waals surface area contributed by atoms with E-state index in [1.807, 2.05) is 12.1 Å². The van der Waals surface area contributed by atoms with Crippen LogP contribution in [0.15, 0.2) is 24.5 Å². The summed E-state index contributed by atoms with van der Waals surface area (Å²) < 4.78 is 5.53. The van der Waals surface area contributed by atoms with Crippen LogP contribution in [0.25, 0.3) is 0 Å². The second-order valence-corrected chi connectivity index (χ2v) is 7.66. The first-order valence-electron chi connectivity index (χ1n) is 9.23. The molecule has 1 amide bonds. The summed E-state index contributed by atoms with van der Waals surface area (Å²) in [7, 11) is 0. The van der Waals surface area contributed by atoms with Gasteiger partial charge in [-0.3, -0.25) is 14.7 Å². The van der Waals surface area contributed by atoms with Gasteiger partial charge in [0, 0.05) is 38.1 Å². The molecule has 1 aromatic rings. The standard InChI is InChI=1S/C19H27N3O2/c23-18(12-16-2-1-7-20-13-16)22-10-6-19(15-22)4-8-21(9-5-19)17-3-11-24-14-17/h1-2,7,13,17H,3-6,8-12,14-15H2. The number of nitrogens with zero attached hydrogens (tertiary/aromatic N) is 3. The fourth-order valence-electron chi connectivity index (χ4n) is 4.52. The van der Waals surface area contributed by atoms with Crippen molar-refractivity contribution in [2.24, 2.45) is 5.41 Å². The number of carbonyl (C=O) groups is 1. The van der Waals surface area contributed by atoms with Crippen LogP contribution in [0, 0.1) is 5.41 Å². The molecule has 1 spiro atoms. The number of amides is 1. The Morgan fingerprint density at radius 3 is 2.83 bits per heavy atom. The van der Waals surface area contributed by atoms with Gasteiger partial charge in [-0.2, -0.15) is 0 Å². The maximum atomic E-state index is 12.6. The van der Waals surface area contributed by atoms with Crippen molar-refractivity contribution in [1.82, 2.24) is 14.8 Å². The molecule has 130 valence electrons. The lowest BCUT2D eigenvalue weighted by atomic mass is 9.77. The number of likely N-dealkylation sites (tertiary alicyclic amines) is 2. The zero-order chi connectivity index (χ0) is 16.4. The van der Waals surface area contributed by atoms with E-state index in [0.717, 1.165) is 31.9 Å². The molecule has 1 unspecified atom stereocenters. The first kappa shape index (κ1) is 16.0. The number of hydrogen-bond donors (Lipinski definition) is 0. The van der Waals surface area contributed by atoms with E-state index < -0.39 is 0 Å². The van der Waals surface area contributed by atoms with Gasteiger partial charge in [-0.25, -0.2) is 0 Å². The summed E-state index contributed by atoms with van der Waals surface area (Å²) in [6.07, 6.45) is 8.83. The van der Waals surface area contributed by atoms with Crippen LogP contribution < -0.4 is 0 Å². The first-order chi connectivity index (χ1) is 11.7. The summed E-state index contributed by atoms with van der Waals surface area (Å²) >= 11 is 0. The molecule has 4 rings (SSSR count). The molecule has 0 aliphatic carbocycles. The van der Waals surface area contributed by atoms with Gasteiger partial charge >= 0.3 is 0 Å². The van der Waals surface area contributed by atoms with Gasteiger partial charge in [0.05, 0.1) is 13.0 Å². The van der Waals surface area contributed by atoms with Gasteiger partial charge in [-0.05, 0) is 55.8 Å². The molecule has 3 fully saturated rings. The molecule has 1 atom stereocenters. The molecule has 1 aromatic heterocycles. The molecule has 0 saturated carbocycles. The van der Waals surface area contributed by atoms with Crippen LogP contribution in [0.1, 0.15) is 31.2 Å². The topological polar surface area (TPSA) is 45.7 Å². The first-order valence-corrected chi connectivity index (χ1v) is 9.23. The van der Waals surface area contributed by atoms with E-state index in [1.54, 1.807) is 12.4 Å². The van der Waals surface area contributed by atoms with E-state index in [-0.39, 0.29) is 5.91 Å². The van der Waals surface area contributed by atoms with Crippen molar-refractivity contribution in [1.29, 1.82) is 0 Å². The molecule has 3 aliphatic heterocycles. The smallest absolute Gasteiger partial charge is 0.227 e. The van der Waals surface area contributed by atoms with Crippen LogP contribution in [0.3, 0.4) is 0 Å². The third-order valence-corrected chi connectivity index (χ3v) is 6.15. The van der Waals surface area contributed by atoms with Crippen LogP contribution in [0.4, 0.5) is 0 Å². The monoisotopic (exact) mass is 329 g/mol. The molecule has 0 aromatic carbocycles. The molecular weight excluding hydrogens is 302 g/mol. The predicted octanol–water partition coefficient (Wildman–Crippen LogP) is 1.73. The van der Waals surface area contributed by atoms with E-state index >= 15 is 0 Å². The summed E-state index contributed by atoms with van der Waals surface area (Å²) in [5.74, 6) is 0.256. The number of aromatic nitrogens is 1. The maximum Gasteiger partial charge on any atom is 0.227 e. The minimum atomic E-state index is 0.256. The Morgan fingerprint density at radius 1 is 1.29 bits per heavy atom. The maximum absolute atomic E-state index is 12.6. The van der Waals surface area contributed by atoms with Gasteiger partial charge in [0.1, 0.15) is 0 Å². The molecule has 3 aliphatic rings. The van der Waals surface area contributed by atoms with Crippen LogP contribution in [-0.2, 0) is 16.0 Å². The number of carbonyl (C=O) groups excluding carboxylic acids is 1. The van der Waals surface area contributed by atoms with Gasteiger partial charge in [0.25, 0.3) is 0 Å². The van der Waals surface area contributed by atoms with Crippen molar-refractivity contribution >= 4 is 5.91 Å². The van der Waals surface area contributed by atoms with Gasteiger partial charge in [-0.15, -0.1) is 0 Å². The van der Waals surface area contributed by atoms with E-state index in [0.29, 0.717) is 17.9 Å². The van der Waals surface area contributed by atoms with Crippen LogP contribution in [-0.4, -0.2) is 66.1 Å². The van der Waals surface area contributed by atoms with Gasteiger partial charge in [0.15, 0.2) is 0 Å². The Balaban J connectivity index is 1.30. The molecule has 0 N–H and O–H groups in total. The minimum Gasteiger partial charge on any atom is -0.380 e. The summed E-state index contributed by atoms with van der Waals surface area (Å²) in [5.41, 5.74) is 1.38. The van der Waals surface area contributed by atoms with Crippen molar-refractivity contribution in [2.75, 3.05) is 39.4 Å². The highest BCUT2D eigenvalue weighted by Crippen LogP contribution is 2.41. The summed E-state index contributed by atoms with van der Waals surface area (Å²) in [5, 5.41) is 0. The quantitative estimate of drug-likeness (QED) is 0.847. The van der Waals surface area contributed by atoms with E-state index in [2.05, 4.69) is 14.8 Å². The number of piperidine rings is 1. The highest BCUT2D eigenvalue weighted by atomic mass is 16.5. The number of pyridine rings is 1. The number of ether oxygens (including phenoxy) is 1. The van der Waals surface area contributed by atoms with Crippen molar-refractivity contribution in [3.05, 3.63) is 30.1 Å². The third kappa shape index (κ3) is 3.33. The largest absolute Gasteiger partial charge is 0.380 e. The Labute approximate surface area is 144 Å². The average Bonchev–Trinajstić information content (AvgIpc) is 3.27. The van der Waals surface area contributed by atoms with Gasteiger partial charge in [0.2, 0.25) is 5.91 Å². The Bertz CT molecular complexity index is 563. The number of rotatable bonds is 3. The van der Waals surface area contributed by atoms with Crippen LogP contribution >= 0.6 is 0 Å². The molecule has 5 nitrogen and oxygen atoms in total. The van der Waals surface area contributed by atoms with E-state index in [1.165, 1.54) is 38.8 Å². The average molecular weight is 329 g/mol. The SMILES string of the molecule is O=C(Cc1cccnc1)N1CCC2(CCN(C3CCOC3)CC2)C1. The normalized spacial score (nSPS) is 27.0. The van der Waals surface area contributed by atoms with Crippen molar-refractivity contribution in [3.8, 4) is 0 Å². The summed E-state index contributed by atoms with van der Waals surface area (Å²) in [6.45, 7) is 6.02. The predicted molar refractivity (Wildman–Crippen MR) is 91.6 cm³/mol. The fraction of sp³-hybridized carbons (Fsp3) is 0.684. The van der Waals surface area contributed by atoms with Crippen molar-refractivity contribution < 1.29 is 9.53 Å². The zero-order valence-electron chi connectivity index (χ0n) is 14.3. The minimum absolute atomic E-state index is 0.256. The highest BCUT2D eigenvalue weighted by Gasteiger charge is 2.43. The summed E-state index contributed by atoms with van der Waals surface area (Å²) in [6, 6.07) is 4.52. The molecule has 4 heterocycles. The molecule has 24 heavy (non-hydrogen) atoms. The fourth-order valence-corrected chi connectivity index (χ4v) is 4.52. The number of hydrogen-bond acceptors (Lipinski definition) is 4. The van der Waals surface area contributed by atoms with E-state index in [4.69, 9.17) is 4.74 Å². The lowest BCUT2D eigenvalue weighted by molar-refractivity contribution is -0.130. The molecule has 0 radical (unpaired) electrons. The molecule has 5 heteroatoms. The second-order valence-electron chi connectivity index (χ2n) is 7.66. The van der Waals surface area contributed by atoms with Gasteiger partial charge in [-0.1, -0.05) is 6.07 Å². The zero-order valence-corrected chi connectivity index (χ0v) is 14.3. The van der Waals surface area contributed by atoms with Crippen molar-refractivity contribution in [2.45, 2.75) is 38.1 Å². The Morgan fingerprint density at radius 2 is 2.12 bits per heavy atom. The Hall–Kier alpha value is -1.46. The molecule has 3 saturated heterocycles. The highest BCUT2D eigenvalue weighted by molar-refractivity contribution is 5.79. The van der Waals surface area contributed by atoms with Gasteiger partial charge < -0.3 is 9.64 Å². The molecule has 0 bridgehead atoms.